The van der Waals surface area contributed by atoms with Gasteiger partial charge in [0.15, 0.2) is 11.6 Å². The Bertz CT molecular complexity index is 1450. The van der Waals surface area contributed by atoms with Crippen LogP contribution < -0.4 is 15.0 Å². The lowest BCUT2D eigenvalue weighted by Crippen LogP contribution is -2.16. The van der Waals surface area contributed by atoms with Gasteiger partial charge < -0.3 is 19.0 Å². The van der Waals surface area contributed by atoms with Crippen LogP contribution in [0.4, 0.5) is 10.1 Å². The van der Waals surface area contributed by atoms with E-state index in [0.717, 1.165) is 33.5 Å². The third-order valence-corrected chi connectivity index (χ3v) is 6.96. The number of hydrogen-bond donors (Lipinski definition) is 2. The number of hydrogen-bond acceptors (Lipinski definition) is 4. The predicted octanol–water partition coefficient (Wildman–Crippen LogP) is 7.21. The summed E-state index contributed by atoms with van der Waals surface area (Å²) >= 11 is 1.58. The van der Waals surface area contributed by atoms with Crippen LogP contribution in [-0.4, -0.2) is 34.1 Å². The van der Waals surface area contributed by atoms with Gasteiger partial charge in [0.25, 0.3) is 5.56 Å². The Morgan fingerprint density at radius 3 is 2.60 bits per heavy atom. The van der Waals surface area contributed by atoms with E-state index in [9.17, 15) is 4.79 Å². The van der Waals surface area contributed by atoms with Gasteiger partial charge in [0, 0.05) is 47.4 Å². The number of rotatable bonds is 8. The van der Waals surface area contributed by atoms with Crippen LogP contribution in [0.25, 0.3) is 28.1 Å². The van der Waals surface area contributed by atoms with Crippen molar-refractivity contribution in [1.29, 1.82) is 0 Å². The molecule has 0 fully saturated rings. The number of H-pyrrole nitrogens is 1. The molecular weight excluding hydrogens is 481 g/mol. The third kappa shape index (κ3) is 5.77. The first-order valence-electron chi connectivity index (χ1n) is 11.2. The molecule has 2 heterocycles. The molecule has 0 aliphatic rings. The fourth-order valence-corrected chi connectivity index (χ4v) is 4.64. The minimum Gasteiger partial charge on any atom is -0.454 e. The van der Waals surface area contributed by atoms with E-state index >= 15 is 4.39 Å². The number of halogens is 1. The Labute approximate surface area is 210 Å². The maximum Gasteiger partial charge on any atom is 0.274 e. The topological polar surface area (TPSA) is 59.0 Å². The molecule has 35 heavy (non-hydrogen) atoms. The number of aromatic nitrogens is 2. The van der Waals surface area contributed by atoms with E-state index in [4.69, 9.17) is 4.74 Å². The summed E-state index contributed by atoms with van der Waals surface area (Å²) in [6, 6.07) is 12.6. The summed E-state index contributed by atoms with van der Waals surface area (Å²) in [6.45, 7) is 2.07. The van der Waals surface area contributed by atoms with Gasteiger partial charge in [0.05, 0.1) is 0 Å². The van der Waals surface area contributed by atoms with Crippen LogP contribution >= 0.6 is 22.0 Å². The largest absolute Gasteiger partial charge is 0.454 e. The van der Waals surface area contributed by atoms with Crippen molar-refractivity contribution in [3.8, 4) is 22.6 Å². The second-order valence-corrected chi connectivity index (χ2v) is 14.2. The van der Waals surface area contributed by atoms with Crippen LogP contribution in [0.1, 0.15) is 12.5 Å². The van der Waals surface area contributed by atoms with Crippen molar-refractivity contribution in [2.24, 2.45) is 7.05 Å². The van der Waals surface area contributed by atoms with E-state index in [1.165, 1.54) is 10.6 Å². The van der Waals surface area contributed by atoms with Crippen molar-refractivity contribution in [2.75, 3.05) is 29.2 Å². The summed E-state index contributed by atoms with van der Waals surface area (Å²) in [5, 5.41) is 2.91. The Morgan fingerprint density at radius 2 is 1.89 bits per heavy atom. The molecule has 0 spiro atoms. The number of aromatic amines is 1. The first-order chi connectivity index (χ1) is 16.7. The molecule has 4 aromatic rings. The Hall–Kier alpha value is -3.10. The normalized spacial score (nSPS) is 12.4. The van der Waals surface area contributed by atoms with E-state index < -0.39 is 15.8 Å². The predicted molar refractivity (Wildman–Crippen MR) is 152 cm³/mol. The molecule has 2 aromatic heterocycles. The number of nitrogens with one attached hydrogen (secondary N) is 2. The summed E-state index contributed by atoms with van der Waals surface area (Å²) in [7, 11) is 0.886. The first kappa shape index (κ1) is 25.0. The van der Waals surface area contributed by atoms with Crippen LogP contribution in [0.15, 0.2) is 65.1 Å². The Morgan fingerprint density at radius 1 is 1.11 bits per heavy atom. The summed E-state index contributed by atoms with van der Waals surface area (Å²) in [6.07, 6.45) is 12.0. The SMILES string of the molecule is CCSNc1ccc(Oc2ccc(/C=C/S(C)(C)C)cc2F)c(-c2cn(C)c(=O)c3[nH]ccc23)c1. The van der Waals surface area contributed by atoms with Gasteiger partial charge in [-0.25, -0.2) is 14.4 Å². The average molecular weight is 512 g/mol. The zero-order valence-electron chi connectivity index (χ0n) is 20.5. The van der Waals surface area contributed by atoms with Gasteiger partial charge >= 0.3 is 0 Å². The highest BCUT2D eigenvalue weighted by molar-refractivity contribution is 8.34. The molecule has 0 saturated heterocycles. The lowest BCUT2D eigenvalue weighted by atomic mass is 10.0. The number of nitrogens with zero attached hydrogens (tertiary/aromatic N) is 1. The van der Waals surface area contributed by atoms with Gasteiger partial charge in [-0.2, -0.15) is 0 Å². The third-order valence-electron chi connectivity index (χ3n) is 5.34. The highest BCUT2D eigenvalue weighted by Gasteiger charge is 2.17. The fourth-order valence-electron chi connectivity index (χ4n) is 3.64. The van der Waals surface area contributed by atoms with Gasteiger partial charge in [-0.15, -0.1) is 0 Å². The van der Waals surface area contributed by atoms with Crippen molar-refractivity contribution < 1.29 is 9.13 Å². The van der Waals surface area contributed by atoms with Crippen LogP contribution in [0.2, 0.25) is 0 Å². The molecule has 8 heteroatoms. The van der Waals surface area contributed by atoms with Gasteiger partial charge in [-0.05, 0) is 66.1 Å². The number of benzene rings is 2. The molecule has 0 radical (unpaired) electrons. The molecule has 0 saturated carbocycles. The molecule has 0 amide bonds. The van der Waals surface area contributed by atoms with E-state index in [0.29, 0.717) is 11.3 Å². The Balaban J connectivity index is 1.78. The van der Waals surface area contributed by atoms with E-state index in [-0.39, 0.29) is 11.3 Å². The summed E-state index contributed by atoms with van der Waals surface area (Å²) in [4.78, 5) is 15.6. The van der Waals surface area contributed by atoms with Crippen LogP contribution in [0.5, 0.6) is 11.5 Å². The number of pyridine rings is 1. The second kappa shape index (κ2) is 10.3. The molecule has 0 unspecified atom stereocenters. The highest BCUT2D eigenvalue weighted by Crippen LogP contribution is 2.40. The molecule has 184 valence electrons. The van der Waals surface area contributed by atoms with Crippen LogP contribution in [0, 0.1) is 5.82 Å². The van der Waals surface area contributed by atoms with Crippen molar-refractivity contribution in [1.82, 2.24) is 9.55 Å². The first-order valence-corrected chi connectivity index (χ1v) is 15.1. The molecule has 4 rings (SSSR count). The maximum absolute atomic E-state index is 15.0. The number of ether oxygens (including phenoxy) is 1. The molecule has 0 atom stereocenters. The number of anilines is 1. The Kier molecular flexibility index (Phi) is 7.33. The fraction of sp³-hybridized carbons (Fsp3) is 0.222. The highest BCUT2D eigenvalue weighted by atomic mass is 32.3. The molecule has 2 aromatic carbocycles. The molecule has 5 nitrogen and oxygen atoms in total. The van der Waals surface area contributed by atoms with Crippen molar-refractivity contribution >= 4 is 44.6 Å². The lowest BCUT2D eigenvalue weighted by molar-refractivity contribution is 0.443. The average Bonchev–Trinajstić information content (AvgIpc) is 3.31. The molecule has 0 aliphatic heterocycles. The van der Waals surface area contributed by atoms with Crippen LogP contribution in [-0.2, 0) is 7.05 Å². The van der Waals surface area contributed by atoms with Gasteiger partial charge in [0.1, 0.15) is 11.3 Å². The number of fused-ring (bicyclic) bond motifs is 1. The monoisotopic (exact) mass is 511 g/mol. The zero-order valence-corrected chi connectivity index (χ0v) is 22.1. The summed E-state index contributed by atoms with van der Waals surface area (Å²) in [5.74, 6) is 1.11. The van der Waals surface area contributed by atoms with E-state index in [1.54, 1.807) is 37.5 Å². The molecular formula is C27H30FN3O2S2. The van der Waals surface area contributed by atoms with Gasteiger partial charge in [0.2, 0.25) is 0 Å². The molecule has 2 N–H and O–H groups in total. The maximum atomic E-state index is 15.0. The minimum atomic E-state index is -0.829. The van der Waals surface area contributed by atoms with Crippen molar-refractivity contribution in [3.63, 3.8) is 0 Å². The quantitative estimate of drug-likeness (QED) is 0.245. The summed E-state index contributed by atoms with van der Waals surface area (Å²) < 4.78 is 26.0. The standard InChI is InChI=1S/C27H30FN3O2S2/c1-6-34-30-19-8-10-24(33-25-9-7-18(15-23(25)28)12-14-35(3,4)5)21(16-19)22-17-31(2)27(32)26-20(22)11-13-29-26/h7-17,29-30H,6H2,1-5H3/b14-12+. The smallest absolute Gasteiger partial charge is 0.274 e. The van der Waals surface area contributed by atoms with Gasteiger partial charge in [-0.3, -0.25) is 4.79 Å². The van der Waals surface area contributed by atoms with Crippen molar-refractivity contribution in [2.45, 2.75) is 6.92 Å². The van der Waals surface area contributed by atoms with Crippen molar-refractivity contribution in [3.05, 3.63) is 82.0 Å². The lowest BCUT2D eigenvalue weighted by Gasteiger charge is -2.19. The van der Waals surface area contributed by atoms with E-state index in [2.05, 4.69) is 40.8 Å². The van der Waals surface area contributed by atoms with Crippen LogP contribution in [0.3, 0.4) is 0 Å². The van der Waals surface area contributed by atoms with E-state index in [1.807, 2.05) is 36.4 Å². The zero-order chi connectivity index (χ0) is 25.2. The summed E-state index contributed by atoms with van der Waals surface area (Å²) in [5.41, 5.74) is 3.66. The minimum absolute atomic E-state index is 0.112. The second-order valence-electron chi connectivity index (χ2n) is 9.00. The number of aryl methyl sites for hydroxylation is 1. The molecule has 0 aliphatic carbocycles. The molecule has 0 bridgehead atoms. The van der Waals surface area contributed by atoms with Gasteiger partial charge in [-0.1, -0.05) is 31.0 Å².